The van der Waals surface area contributed by atoms with Crippen molar-refractivity contribution in [1.29, 1.82) is 0 Å². The molecule has 1 aromatic carbocycles. The fourth-order valence-electron chi connectivity index (χ4n) is 1.14. The summed E-state index contributed by atoms with van der Waals surface area (Å²) in [6.07, 6.45) is 2.79. The van der Waals surface area contributed by atoms with Crippen molar-refractivity contribution in [3.8, 4) is 0 Å². The van der Waals surface area contributed by atoms with Gasteiger partial charge in [0.1, 0.15) is 0 Å². The second-order valence-electron chi connectivity index (χ2n) is 2.66. The normalized spacial score (nSPS) is 9.54. The van der Waals surface area contributed by atoms with Crippen molar-refractivity contribution in [2.24, 2.45) is 0 Å². The zero-order chi connectivity index (χ0) is 9.68. The quantitative estimate of drug-likeness (QED) is 0.522. The van der Waals surface area contributed by atoms with Gasteiger partial charge in [-0.3, -0.25) is 10.1 Å². The number of allylic oxidation sites excluding steroid dienone is 1. The highest BCUT2D eigenvalue weighted by atomic mass is 16.6. The average Bonchev–Trinajstić information content (AvgIpc) is 2.15. The predicted octanol–water partition coefficient (Wildman–Crippen LogP) is 2.52. The molecule has 3 heteroatoms. The van der Waals surface area contributed by atoms with Gasteiger partial charge in [-0.2, -0.15) is 0 Å². The molecule has 0 aliphatic carbocycles. The van der Waals surface area contributed by atoms with Crippen molar-refractivity contribution < 1.29 is 4.92 Å². The molecule has 0 N–H and O–H groups in total. The number of nitrogens with zero attached hydrogens (tertiary/aromatic N) is 1. The molecular formula is C10H10NO2. The Labute approximate surface area is 76.9 Å². The van der Waals surface area contributed by atoms with Crippen LogP contribution in [0, 0.1) is 16.7 Å². The first kappa shape index (κ1) is 9.45. The zero-order valence-electron chi connectivity index (χ0n) is 7.14. The summed E-state index contributed by atoms with van der Waals surface area (Å²) in [7, 11) is 0. The van der Waals surface area contributed by atoms with Gasteiger partial charge in [0.05, 0.1) is 4.92 Å². The number of hydrogen-bond acceptors (Lipinski definition) is 2. The van der Waals surface area contributed by atoms with Gasteiger partial charge in [0, 0.05) is 11.6 Å². The Morgan fingerprint density at radius 1 is 1.46 bits per heavy atom. The minimum absolute atomic E-state index is 0.171. The van der Waals surface area contributed by atoms with Gasteiger partial charge in [-0.05, 0) is 12.8 Å². The Bertz CT molecular complexity index is 320. The Morgan fingerprint density at radius 3 is 2.77 bits per heavy atom. The molecule has 0 saturated heterocycles. The molecule has 0 heterocycles. The third-order valence-electron chi connectivity index (χ3n) is 1.77. The lowest BCUT2D eigenvalue weighted by Gasteiger charge is -1.99. The summed E-state index contributed by atoms with van der Waals surface area (Å²) in [4.78, 5) is 10.2. The molecule has 0 spiro atoms. The van der Waals surface area contributed by atoms with E-state index in [0.717, 1.165) is 5.56 Å². The summed E-state index contributed by atoms with van der Waals surface area (Å²) >= 11 is 0. The molecule has 1 rings (SSSR count). The van der Waals surface area contributed by atoms with E-state index in [4.69, 9.17) is 6.58 Å². The first-order valence-corrected chi connectivity index (χ1v) is 4.01. The van der Waals surface area contributed by atoms with E-state index in [9.17, 15) is 10.1 Å². The summed E-state index contributed by atoms with van der Waals surface area (Å²) in [6.45, 7) is 5.21. The third-order valence-corrected chi connectivity index (χ3v) is 1.77. The molecule has 0 unspecified atom stereocenters. The number of hydrogen-bond donors (Lipinski definition) is 0. The second kappa shape index (κ2) is 4.40. The van der Waals surface area contributed by atoms with E-state index >= 15 is 0 Å². The minimum Gasteiger partial charge on any atom is -0.258 e. The Balaban J connectivity index is 2.90. The molecule has 13 heavy (non-hydrogen) atoms. The number of nitro groups is 1. The first-order chi connectivity index (χ1) is 6.25. The molecule has 3 nitrogen and oxygen atoms in total. The van der Waals surface area contributed by atoms with Crippen molar-refractivity contribution in [2.45, 2.75) is 12.8 Å². The Hall–Kier alpha value is -1.64. The lowest BCUT2D eigenvalue weighted by molar-refractivity contribution is -0.385. The SMILES string of the molecule is [CH]=CCCc1ccccc1[N+](=O)[O-]. The maximum Gasteiger partial charge on any atom is 0.272 e. The smallest absolute Gasteiger partial charge is 0.258 e. The van der Waals surface area contributed by atoms with Crippen LogP contribution >= 0.6 is 0 Å². The predicted molar refractivity (Wildman–Crippen MR) is 50.3 cm³/mol. The standard InChI is InChI=1S/C10H10NO2/c1-2-3-6-9-7-4-5-8-10(9)11(12)13/h1-2,4-5,7-8H,3,6H2. The molecule has 0 bridgehead atoms. The molecule has 0 saturated carbocycles. The minimum atomic E-state index is -0.369. The van der Waals surface area contributed by atoms with Crippen LogP contribution in [0.15, 0.2) is 30.3 Å². The van der Waals surface area contributed by atoms with Crippen LogP contribution in [0.1, 0.15) is 12.0 Å². The summed E-state index contributed by atoms with van der Waals surface area (Å²) in [5, 5.41) is 10.5. The molecule has 0 aromatic heterocycles. The Kier molecular flexibility index (Phi) is 3.20. The van der Waals surface area contributed by atoms with E-state index in [1.54, 1.807) is 18.2 Å². The van der Waals surface area contributed by atoms with Crippen LogP contribution in [0.5, 0.6) is 0 Å². The van der Waals surface area contributed by atoms with Crippen molar-refractivity contribution in [1.82, 2.24) is 0 Å². The van der Waals surface area contributed by atoms with Crippen LogP contribution in [-0.2, 0) is 6.42 Å². The van der Waals surface area contributed by atoms with Gasteiger partial charge in [0.15, 0.2) is 0 Å². The van der Waals surface area contributed by atoms with E-state index in [1.807, 2.05) is 0 Å². The van der Waals surface area contributed by atoms with Crippen molar-refractivity contribution in [2.75, 3.05) is 0 Å². The molecule has 0 aliphatic rings. The van der Waals surface area contributed by atoms with Gasteiger partial charge in [-0.1, -0.05) is 30.9 Å². The van der Waals surface area contributed by atoms with Gasteiger partial charge in [-0.15, -0.1) is 0 Å². The summed E-state index contributed by atoms with van der Waals surface area (Å²) < 4.78 is 0. The molecule has 0 aliphatic heterocycles. The van der Waals surface area contributed by atoms with Crippen LogP contribution in [0.3, 0.4) is 0 Å². The summed E-state index contributed by atoms with van der Waals surface area (Å²) in [5.41, 5.74) is 0.901. The largest absolute Gasteiger partial charge is 0.272 e. The number of para-hydroxylation sites is 1. The summed E-state index contributed by atoms with van der Waals surface area (Å²) in [6, 6.07) is 6.71. The van der Waals surface area contributed by atoms with Crippen LogP contribution in [-0.4, -0.2) is 4.92 Å². The van der Waals surface area contributed by atoms with E-state index in [1.165, 1.54) is 12.1 Å². The molecule has 1 aromatic rings. The van der Waals surface area contributed by atoms with Crippen molar-refractivity contribution in [3.63, 3.8) is 0 Å². The monoisotopic (exact) mass is 176 g/mol. The molecule has 0 atom stereocenters. The van der Waals surface area contributed by atoms with E-state index in [2.05, 4.69) is 0 Å². The fraction of sp³-hybridized carbons (Fsp3) is 0.200. The zero-order valence-corrected chi connectivity index (χ0v) is 7.14. The van der Waals surface area contributed by atoms with Gasteiger partial charge in [0.25, 0.3) is 5.69 Å². The second-order valence-corrected chi connectivity index (χ2v) is 2.66. The molecular weight excluding hydrogens is 166 g/mol. The highest BCUT2D eigenvalue weighted by Gasteiger charge is 2.10. The number of benzene rings is 1. The van der Waals surface area contributed by atoms with Gasteiger partial charge in [0.2, 0.25) is 0 Å². The van der Waals surface area contributed by atoms with Crippen LogP contribution in [0.4, 0.5) is 5.69 Å². The number of rotatable bonds is 4. The number of aryl methyl sites for hydroxylation is 1. The van der Waals surface area contributed by atoms with Crippen molar-refractivity contribution in [3.05, 3.63) is 52.6 Å². The molecule has 0 amide bonds. The van der Waals surface area contributed by atoms with E-state index < -0.39 is 0 Å². The van der Waals surface area contributed by atoms with Crippen LogP contribution in [0.25, 0.3) is 0 Å². The average molecular weight is 176 g/mol. The van der Waals surface area contributed by atoms with Crippen LogP contribution in [0.2, 0.25) is 0 Å². The summed E-state index contributed by atoms with van der Waals surface area (Å²) in [5.74, 6) is 0. The molecule has 1 radical (unpaired) electrons. The van der Waals surface area contributed by atoms with E-state index in [0.29, 0.717) is 12.8 Å². The third kappa shape index (κ3) is 2.40. The van der Waals surface area contributed by atoms with Crippen molar-refractivity contribution >= 4 is 5.69 Å². The fourth-order valence-corrected chi connectivity index (χ4v) is 1.14. The van der Waals surface area contributed by atoms with E-state index in [-0.39, 0.29) is 10.6 Å². The lowest BCUT2D eigenvalue weighted by atomic mass is 10.1. The van der Waals surface area contributed by atoms with Gasteiger partial charge >= 0.3 is 0 Å². The Morgan fingerprint density at radius 2 is 2.15 bits per heavy atom. The number of nitro benzene ring substituents is 1. The highest BCUT2D eigenvalue weighted by molar-refractivity contribution is 5.39. The molecule has 0 fully saturated rings. The maximum absolute atomic E-state index is 10.5. The highest BCUT2D eigenvalue weighted by Crippen LogP contribution is 2.18. The topological polar surface area (TPSA) is 43.1 Å². The van der Waals surface area contributed by atoms with Gasteiger partial charge < -0.3 is 0 Å². The van der Waals surface area contributed by atoms with Gasteiger partial charge in [-0.25, -0.2) is 0 Å². The van der Waals surface area contributed by atoms with Crippen LogP contribution < -0.4 is 0 Å². The lowest BCUT2D eigenvalue weighted by Crippen LogP contribution is -1.94. The molecule has 67 valence electrons. The first-order valence-electron chi connectivity index (χ1n) is 4.01. The maximum atomic E-state index is 10.5.